The Labute approximate surface area is 139 Å². The summed E-state index contributed by atoms with van der Waals surface area (Å²) in [5, 5.41) is 0.656. The van der Waals surface area contributed by atoms with Crippen molar-refractivity contribution < 1.29 is 13.2 Å². The molecule has 2 aromatic carbocycles. The number of rotatable bonds is 5. The Bertz CT molecular complexity index is 934. The molecule has 120 valence electrons. The number of imidazole rings is 1. The van der Waals surface area contributed by atoms with E-state index in [1.54, 1.807) is 41.9 Å². The molecule has 23 heavy (non-hydrogen) atoms. The fourth-order valence-electron chi connectivity index (χ4n) is 2.29. The fraction of sp³-hybridized carbons (Fsp3) is 0.188. The number of aryl methyl sites for hydroxylation is 1. The second-order valence-electron chi connectivity index (χ2n) is 5.06. The molecular formula is C16H15ClN2O3S. The van der Waals surface area contributed by atoms with Crippen molar-refractivity contribution >= 4 is 32.5 Å². The van der Waals surface area contributed by atoms with Crippen molar-refractivity contribution in [1.29, 1.82) is 0 Å². The molecule has 3 rings (SSSR count). The van der Waals surface area contributed by atoms with E-state index in [1.165, 1.54) is 0 Å². The van der Waals surface area contributed by atoms with Crippen LogP contribution in [0.3, 0.4) is 0 Å². The molecule has 0 spiro atoms. The standard InChI is InChI=1S/C16H15ClN2O3S/c1-19-15-5-3-2-4-14(15)18-16(19)23(20,21)11-10-22-13-8-6-12(17)7-9-13/h2-9H,10-11H2,1H3. The van der Waals surface area contributed by atoms with E-state index in [4.69, 9.17) is 16.3 Å². The van der Waals surface area contributed by atoms with Crippen molar-refractivity contribution in [3.63, 3.8) is 0 Å². The first-order chi connectivity index (χ1) is 11.0. The molecule has 5 nitrogen and oxygen atoms in total. The Morgan fingerprint density at radius 2 is 1.83 bits per heavy atom. The third-order valence-electron chi connectivity index (χ3n) is 3.46. The lowest BCUT2D eigenvalue weighted by molar-refractivity contribution is 0.340. The van der Waals surface area contributed by atoms with Gasteiger partial charge in [0.2, 0.25) is 15.0 Å². The van der Waals surface area contributed by atoms with Gasteiger partial charge in [-0.2, -0.15) is 0 Å². The van der Waals surface area contributed by atoms with Crippen LogP contribution in [0.15, 0.2) is 53.7 Å². The normalized spacial score (nSPS) is 11.7. The smallest absolute Gasteiger partial charge is 0.228 e. The van der Waals surface area contributed by atoms with Crippen LogP contribution in [0.1, 0.15) is 0 Å². The first-order valence-electron chi connectivity index (χ1n) is 7.00. The zero-order chi connectivity index (χ0) is 16.4. The highest BCUT2D eigenvalue weighted by molar-refractivity contribution is 7.91. The molecule has 0 unspecified atom stereocenters. The zero-order valence-corrected chi connectivity index (χ0v) is 14.0. The van der Waals surface area contributed by atoms with Crippen molar-refractivity contribution in [3.05, 3.63) is 53.6 Å². The first-order valence-corrected chi connectivity index (χ1v) is 9.03. The molecule has 0 aliphatic heterocycles. The van der Waals surface area contributed by atoms with E-state index in [0.717, 1.165) is 5.52 Å². The van der Waals surface area contributed by atoms with Gasteiger partial charge in [0, 0.05) is 12.1 Å². The summed E-state index contributed by atoms with van der Waals surface area (Å²) in [4.78, 5) is 4.22. The highest BCUT2D eigenvalue weighted by Crippen LogP contribution is 2.19. The van der Waals surface area contributed by atoms with Gasteiger partial charge in [0.05, 0.1) is 16.8 Å². The van der Waals surface area contributed by atoms with Gasteiger partial charge in [0.1, 0.15) is 12.4 Å². The Morgan fingerprint density at radius 1 is 1.13 bits per heavy atom. The number of halogens is 1. The molecule has 0 N–H and O–H groups in total. The molecule has 0 bridgehead atoms. The molecule has 0 amide bonds. The molecule has 3 aromatic rings. The SMILES string of the molecule is Cn1c(S(=O)(=O)CCOc2ccc(Cl)cc2)nc2ccccc21. The summed E-state index contributed by atoms with van der Waals surface area (Å²) >= 11 is 5.79. The van der Waals surface area contributed by atoms with E-state index >= 15 is 0 Å². The highest BCUT2D eigenvalue weighted by atomic mass is 35.5. The maximum Gasteiger partial charge on any atom is 0.228 e. The molecule has 7 heteroatoms. The van der Waals surface area contributed by atoms with Gasteiger partial charge in [-0.25, -0.2) is 13.4 Å². The lowest BCUT2D eigenvalue weighted by atomic mass is 10.3. The number of hydrogen-bond donors (Lipinski definition) is 0. The van der Waals surface area contributed by atoms with Crippen molar-refractivity contribution in [2.24, 2.45) is 7.05 Å². The van der Waals surface area contributed by atoms with Crippen molar-refractivity contribution in [3.8, 4) is 5.75 Å². The number of fused-ring (bicyclic) bond motifs is 1. The molecule has 0 saturated carbocycles. The van der Waals surface area contributed by atoms with Gasteiger partial charge in [-0.15, -0.1) is 0 Å². The molecule has 0 radical (unpaired) electrons. The van der Waals surface area contributed by atoms with Crippen LogP contribution >= 0.6 is 11.6 Å². The third kappa shape index (κ3) is 3.33. The monoisotopic (exact) mass is 350 g/mol. The lowest BCUT2D eigenvalue weighted by Gasteiger charge is -2.07. The Balaban J connectivity index is 1.75. The largest absolute Gasteiger partial charge is 0.493 e. The number of nitrogens with zero attached hydrogens (tertiary/aromatic N) is 2. The van der Waals surface area contributed by atoms with Crippen molar-refractivity contribution in [2.75, 3.05) is 12.4 Å². The topological polar surface area (TPSA) is 61.2 Å². The van der Waals surface area contributed by atoms with Crippen LogP contribution in [0, 0.1) is 0 Å². The molecule has 0 aliphatic rings. The van der Waals surface area contributed by atoms with E-state index in [2.05, 4.69) is 4.98 Å². The van der Waals surface area contributed by atoms with Crippen LogP contribution in [-0.2, 0) is 16.9 Å². The van der Waals surface area contributed by atoms with E-state index in [9.17, 15) is 8.42 Å². The molecule has 1 heterocycles. The summed E-state index contributed by atoms with van der Waals surface area (Å²) < 4.78 is 32.0. The third-order valence-corrected chi connectivity index (χ3v) is 5.34. The molecule has 0 saturated heterocycles. The number of para-hydroxylation sites is 2. The summed E-state index contributed by atoms with van der Waals surface area (Å²) in [5.74, 6) is 0.432. The fourth-order valence-corrected chi connectivity index (χ4v) is 3.66. The Hall–Kier alpha value is -2.05. The maximum atomic E-state index is 12.5. The van der Waals surface area contributed by atoms with Gasteiger partial charge in [0.25, 0.3) is 0 Å². The zero-order valence-electron chi connectivity index (χ0n) is 12.4. The average molecular weight is 351 g/mol. The van der Waals surface area contributed by atoms with Gasteiger partial charge in [-0.05, 0) is 36.4 Å². The van der Waals surface area contributed by atoms with Crippen LogP contribution < -0.4 is 4.74 Å². The summed E-state index contributed by atoms with van der Waals surface area (Å²) in [5.41, 5.74) is 1.44. The number of aromatic nitrogens is 2. The summed E-state index contributed by atoms with van der Waals surface area (Å²) in [6, 6.07) is 14.1. The van der Waals surface area contributed by atoms with Gasteiger partial charge in [0.15, 0.2) is 0 Å². The quantitative estimate of drug-likeness (QED) is 0.709. The highest BCUT2D eigenvalue weighted by Gasteiger charge is 2.22. The van der Waals surface area contributed by atoms with Crippen LogP contribution in [-0.4, -0.2) is 30.3 Å². The van der Waals surface area contributed by atoms with Gasteiger partial charge in [-0.1, -0.05) is 23.7 Å². The first kappa shape index (κ1) is 15.8. The molecule has 1 aromatic heterocycles. The van der Waals surface area contributed by atoms with Crippen molar-refractivity contribution in [2.45, 2.75) is 5.16 Å². The van der Waals surface area contributed by atoms with Gasteiger partial charge in [-0.3, -0.25) is 0 Å². The summed E-state index contributed by atoms with van der Waals surface area (Å²) in [7, 11) is -1.83. The molecule has 0 aliphatic carbocycles. The number of ether oxygens (including phenoxy) is 1. The van der Waals surface area contributed by atoms with E-state index in [0.29, 0.717) is 16.3 Å². The van der Waals surface area contributed by atoms with E-state index < -0.39 is 9.84 Å². The van der Waals surface area contributed by atoms with Gasteiger partial charge >= 0.3 is 0 Å². The second kappa shape index (κ2) is 6.22. The Morgan fingerprint density at radius 3 is 2.52 bits per heavy atom. The van der Waals surface area contributed by atoms with Crippen LogP contribution in [0.2, 0.25) is 5.02 Å². The number of benzene rings is 2. The van der Waals surface area contributed by atoms with Gasteiger partial charge < -0.3 is 9.30 Å². The van der Waals surface area contributed by atoms with Crippen molar-refractivity contribution in [1.82, 2.24) is 9.55 Å². The predicted octanol–water partition coefficient (Wildman–Crippen LogP) is 3.08. The summed E-state index contributed by atoms with van der Waals surface area (Å²) in [6.45, 7) is 0.0488. The second-order valence-corrected chi connectivity index (χ2v) is 7.50. The van der Waals surface area contributed by atoms with Crippen LogP contribution in [0.5, 0.6) is 5.75 Å². The van der Waals surface area contributed by atoms with E-state index in [-0.39, 0.29) is 17.5 Å². The predicted molar refractivity (Wildman–Crippen MR) is 89.7 cm³/mol. The van der Waals surface area contributed by atoms with Crippen LogP contribution in [0.25, 0.3) is 11.0 Å². The lowest BCUT2D eigenvalue weighted by Crippen LogP contribution is -2.17. The average Bonchev–Trinajstić information content (AvgIpc) is 2.88. The minimum absolute atomic E-state index is 0.0488. The summed E-state index contributed by atoms with van der Waals surface area (Å²) in [6.07, 6.45) is 0. The molecule has 0 atom stereocenters. The molecular weight excluding hydrogens is 336 g/mol. The minimum atomic E-state index is -3.53. The van der Waals surface area contributed by atoms with Crippen LogP contribution in [0.4, 0.5) is 0 Å². The van der Waals surface area contributed by atoms with E-state index in [1.807, 2.05) is 18.2 Å². The maximum absolute atomic E-state index is 12.5. The minimum Gasteiger partial charge on any atom is -0.493 e. The number of sulfone groups is 1. The Kier molecular flexibility index (Phi) is 4.28. The number of hydrogen-bond acceptors (Lipinski definition) is 4. The molecule has 0 fully saturated rings.